The van der Waals surface area contributed by atoms with E-state index in [9.17, 15) is 4.39 Å². The molecule has 0 aliphatic heterocycles. The molecule has 0 amide bonds. The van der Waals surface area contributed by atoms with Crippen LogP contribution in [0.25, 0.3) is 0 Å². The van der Waals surface area contributed by atoms with Gasteiger partial charge >= 0.3 is 0 Å². The molecule has 2 aromatic carbocycles. The Bertz CT molecular complexity index is 567. The fourth-order valence-corrected chi connectivity index (χ4v) is 2.42. The van der Waals surface area contributed by atoms with E-state index in [2.05, 4.69) is 5.32 Å². The van der Waals surface area contributed by atoms with Crippen LogP contribution in [0.3, 0.4) is 0 Å². The number of halogens is 4. The lowest BCUT2D eigenvalue weighted by molar-refractivity contribution is 0.625. The number of hydrogen-bond donors (Lipinski definition) is 1. The number of rotatable bonds is 4. The van der Waals surface area contributed by atoms with E-state index in [4.69, 9.17) is 34.8 Å². The zero-order valence-electron chi connectivity index (χ0n) is 9.89. The van der Waals surface area contributed by atoms with Crippen molar-refractivity contribution in [2.45, 2.75) is 13.1 Å². The Morgan fingerprint density at radius 3 is 2.21 bits per heavy atom. The second-order valence-electron chi connectivity index (χ2n) is 4.05. The minimum atomic E-state index is -0.417. The lowest BCUT2D eigenvalue weighted by Gasteiger charge is -2.09. The van der Waals surface area contributed by atoms with Crippen molar-refractivity contribution >= 4 is 34.8 Å². The molecule has 2 aromatic rings. The molecule has 0 saturated carbocycles. The van der Waals surface area contributed by atoms with Crippen molar-refractivity contribution in [1.29, 1.82) is 0 Å². The van der Waals surface area contributed by atoms with Crippen molar-refractivity contribution in [2.75, 3.05) is 0 Å². The van der Waals surface area contributed by atoms with Crippen LogP contribution >= 0.6 is 34.8 Å². The Kier molecular flexibility index (Phi) is 5.06. The van der Waals surface area contributed by atoms with Gasteiger partial charge in [-0.25, -0.2) is 4.39 Å². The van der Waals surface area contributed by atoms with Crippen LogP contribution in [0, 0.1) is 5.82 Å². The van der Waals surface area contributed by atoms with Crippen LogP contribution < -0.4 is 5.32 Å². The highest BCUT2D eigenvalue weighted by molar-refractivity contribution is 6.36. The van der Waals surface area contributed by atoms with Crippen LogP contribution in [0.5, 0.6) is 0 Å². The monoisotopic (exact) mass is 317 g/mol. The number of nitrogens with one attached hydrogen (secondary N) is 1. The van der Waals surface area contributed by atoms with Gasteiger partial charge in [0.25, 0.3) is 0 Å². The predicted octanol–water partition coefficient (Wildman–Crippen LogP) is 5.08. The molecule has 0 unspecified atom stereocenters. The first-order chi connectivity index (χ1) is 9.08. The van der Waals surface area contributed by atoms with Gasteiger partial charge in [0.05, 0.1) is 5.02 Å². The molecule has 1 nitrogen and oxygen atoms in total. The molecule has 1 N–H and O–H groups in total. The summed E-state index contributed by atoms with van der Waals surface area (Å²) in [6.07, 6.45) is 0. The number of benzene rings is 2. The van der Waals surface area contributed by atoms with Gasteiger partial charge in [0.15, 0.2) is 0 Å². The van der Waals surface area contributed by atoms with Gasteiger partial charge in [-0.15, -0.1) is 0 Å². The van der Waals surface area contributed by atoms with Crippen molar-refractivity contribution in [2.24, 2.45) is 0 Å². The average Bonchev–Trinajstić information content (AvgIpc) is 2.37. The molecule has 0 aliphatic rings. The van der Waals surface area contributed by atoms with Crippen LogP contribution in [0.4, 0.5) is 4.39 Å². The quantitative estimate of drug-likeness (QED) is 0.829. The molecule has 0 atom stereocenters. The SMILES string of the molecule is Fc1ccc(CNCc2c(Cl)cccc2Cl)cc1Cl. The molecule has 0 saturated heterocycles. The van der Waals surface area contributed by atoms with Gasteiger partial charge in [0.1, 0.15) is 5.82 Å². The maximum Gasteiger partial charge on any atom is 0.141 e. The molecule has 0 aliphatic carbocycles. The van der Waals surface area contributed by atoms with E-state index in [1.54, 1.807) is 30.3 Å². The van der Waals surface area contributed by atoms with Gasteiger partial charge in [0.2, 0.25) is 0 Å². The summed E-state index contributed by atoms with van der Waals surface area (Å²) in [5.41, 5.74) is 1.74. The fraction of sp³-hybridized carbons (Fsp3) is 0.143. The lowest BCUT2D eigenvalue weighted by atomic mass is 10.2. The summed E-state index contributed by atoms with van der Waals surface area (Å²) in [6, 6.07) is 10.0. The highest BCUT2D eigenvalue weighted by atomic mass is 35.5. The van der Waals surface area contributed by atoms with Gasteiger partial charge < -0.3 is 5.32 Å². The summed E-state index contributed by atoms with van der Waals surface area (Å²) >= 11 is 17.8. The number of hydrogen-bond acceptors (Lipinski definition) is 1. The summed E-state index contributed by atoms with van der Waals surface area (Å²) in [4.78, 5) is 0. The molecular weight excluding hydrogens is 308 g/mol. The van der Waals surface area contributed by atoms with E-state index < -0.39 is 5.82 Å². The van der Waals surface area contributed by atoms with Crippen LogP contribution in [0.1, 0.15) is 11.1 Å². The predicted molar refractivity (Wildman–Crippen MR) is 78.4 cm³/mol. The van der Waals surface area contributed by atoms with Gasteiger partial charge in [-0.3, -0.25) is 0 Å². The molecule has 5 heteroatoms. The lowest BCUT2D eigenvalue weighted by Crippen LogP contribution is -2.13. The topological polar surface area (TPSA) is 12.0 Å². The summed E-state index contributed by atoms with van der Waals surface area (Å²) in [7, 11) is 0. The molecule has 0 heterocycles. The summed E-state index contributed by atoms with van der Waals surface area (Å²) in [5.74, 6) is -0.417. The minimum Gasteiger partial charge on any atom is -0.309 e. The molecule has 0 fully saturated rings. The largest absolute Gasteiger partial charge is 0.309 e. The van der Waals surface area contributed by atoms with Gasteiger partial charge in [0, 0.05) is 28.7 Å². The van der Waals surface area contributed by atoms with Crippen LogP contribution in [0.15, 0.2) is 36.4 Å². The van der Waals surface area contributed by atoms with Crippen LogP contribution in [-0.4, -0.2) is 0 Å². The van der Waals surface area contributed by atoms with E-state index in [-0.39, 0.29) is 5.02 Å². The highest BCUT2D eigenvalue weighted by Crippen LogP contribution is 2.24. The Morgan fingerprint density at radius 1 is 0.895 bits per heavy atom. The molecule has 19 heavy (non-hydrogen) atoms. The van der Waals surface area contributed by atoms with Crippen molar-refractivity contribution in [3.63, 3.8) is 0 Å². The van der Waals surface area contributed by atoms with Crippen molar-refractivity contribution in [3.8, 4) is 0 Å². The first kappa shape index (κ1) is 14.6. The molecule has 100 valence electrons. The Hall–Kier alpha value is -0.800. The van der Waals surface area contributed by atoms with E-state index in [0.717, 1.165) is 11.1 Å². The van der Waals surface area contributed by atoms with Gasteiger partial charge in [-0.2, -0.15) is 0 Å². The molecule has 2 rings (SSSR count). The maximum atomic E-state index is 13.0. The Morgan fingerprint density at radius 2 is 1.58 bits per heavy atom. The standard InChI is InChI=1S/C14H11Cl3FN/c15-11-2-1-3-12(16)10(11)8-19-7-9-4-5-14(18)13(17)6-9/h1-6,19H,7-8H2. The van der Waals surface area contributed by atoms with E-state index in [1.165, 1.54) is 6.07 Å². The maximum absolute atomic E-state index is 13.0. The van der Waals surface area contributed by atoms with Crippen molar-refractivity contribution < 1.29 is 4.39 Å². The van der Waals surface area contributed by atoms with Crippen LogP contribution in [-0.2, 0) is 13.1 Å². The summed E-state index contributed by atoms with van der Waals surface area (Å²) in [6.45, 7) is 1.09. The fourth-order valence-electron chi connectivity index (χ4n) is 1.68. The van der Waals surface area contributed by atoms with E-state index >= 15 is 0 Å². The highest BCUT2D eigenvalue weighted by Gasteiger charge is 2.05. The third-order valence-corrected chi connectivity index (χ3v) is 3.67. The van der Waals surface area contributed by atoms with Crippen molar-refractivity contribution in [3.05, 3.63) is 68.4 Å². The summed E-state index contributed by atoms with van der Waals surface area (Å²) < 4.78 is 13.0. The van der Waals surface area contributed by atoms with Gasteiger partial charge in [-0.05, 0) is 29.8 Å². The first-order valence-corrected chi connectivity index (χ1v) is 6.79. The minimum absolute atomic E-state index is 0.120. The van der Waals surface area contributed by atoms with Gasteiger partial charge in [-0.1, -0.05) is 46.9 Å². The second-order valence-corrected chi connectivity index (χ2v) is 5.27. The van der Waals surface area contributed by atoms with E-state index in [0.29, 0.717) is 23.1 Å². The Balaban J connectivity index is 1.98. The Labute approximate surface area is 126 Å². The molecular formula is C14H11Cl3FN. The van der Waals surface area contributed by atoms with Crippen molar-refractivity contribution in [1.82, 2.24) is 5.32 Å². The third kappa shape index (κ3) is 3.83. The third-order valence-electron chi connectivity index (χ3n) is 2.68. The zero-order chi connectivity index (χ0) is 13.8. The van der Waals surface area contributed by atoms with Crippen LogP contribution in [0.2, 0.25) is 15.1 Å². The average molecular weight is 319 g/mol. The molecule has 0 bridgehead atoms. The molecule has 0 spiro atoms. The van der Waals surface area contributed by atoms with E-state index in [1.807, 2.05) is 0 Å². The smallest absolute Gasteiger partial charge is 0.141 e. The zero-order valence-corrected chi connectivity index (χ0v) is 12.2. The first-order valence-electron chi connectivity index (χ1n) is 5.65. The second kappa shape index (κ2) is 6.58. The summed E-state index contributed by atoms with van der Waals surface area (Å²) in [5, 5.41) is 4.56. The molecule has 0 aromatic heterocycles. The molecule has 0 radical (unpaired) electrons. The normalized spacial score (nSPS) is 10.7.